The number of aryl methyl sites for hydroxylation is 1. The zero-order valence-electron chi connectivity index (χ0n) is 14.7. The molecule has 0 saturated carbocycles. The van der Waals surface area contributed by atoms with Crippen LogP contribution in [0.4, 0.5) is 0 Å². The fourth-order valence-electron chi connectivity index (χ4n) is 2.81. The van der Waals surface area contributed by atoms with Crippen LogP contribution in [0, 0.1) is 0 Å². The fraction of sp³-hybridized carbons (Fsp3) is 0.444. The third-order valence-corrected chi connectivity index (χ3v) is 4.21. The lowest BCUT2D eigenvalue weighted by molar-refractivity contribution is -0.130. The number of hydrogen-bond acceptors (Lipinski definition) is 6. The second-order valence-corrected chi connectivity index (χ2v) is 6.15. The number of nitrogens with one attached hydrogen (secondary N) is 2. The number of hydrogen-bond donors (Lipinski definition) is 2. The highest BCUT2D eigenvalue weighted by atomic mass is 16.5. The van der Waals surface area contributed by atoms with Crippen molar-refractivity contribution in [2.45, 2.75) is 38.1 Å². The SMILES string of the molecule is COc1cccc(-c2noc(CCCC(=O)N[C@@H]3CCCNC3=O)n2)c1. The van der Waals surface area contributed by atoms with Crippen molar-refractivity contribution in [1.82, 2.24) is 20.8 Å². The fourth-order valence-corrected chi connectivity index (χ4v) is 2.81. The van der Waals surface area contributed by atoms with Crippen LogP contribution in [0.1, 0.15) is 31.6 Å². The van der Waals surface area contributed by atoms with E-state index in [0.29, 0.717) is 43.9 Å². The lowest BCUT2D eigenvalue weighted by atomic mass is 10.1. The van der Waals surface area contributed by atoms with Crippen LogP contribution < -0.4 is 15.4 Å². The number of amides is 2. The molecule has 1 atom stereocenters. The predicted octanol–water partition coefficient (Wildman–Crippen LogP) is 1.46. The van der Waals surface area contributed by atoms with E-state index in [9.17, 15) is 9.59 Å². The maximum atomic E-state index is 12.0. The molecule has 138 valence electrons. The van der Waals surface area contributed by atoms with Gasteiger partial charge in [0.2, 0.25) is 23.5 Å². The minimum absolute atomic E-state index is 0.107. The first-order chi connectivity index (χ1) is 12.7. The van der Waals surface area contributed by atoms with E-state index in [1.807, 2.05) is 24.3 Å². The highest BCUT2D eigenvalue weighted by molar-refractivity contribution is 5.88. The molecule has 2 heterocycles. The summed E-state index contributed by atoms with van der Waals surface area (Å²) >= 11 is 0. The van der Waals surface area contributed by atoms with E-state index in [-0.39, 0.29) is 11.8 Å². The van der Waals surface area contributed by atoms with Gasteiger partial charge in [0.05, 0.1) is 7.11 Å². The topological polar surface area (TPSA) is 106 Å². The Labute approximate surface area is 151 Å². The average molecular weight is 358 g/mol. The standard InChI is InChI=1S/C18H22N4O4/c1-25-13-6-2-5-12(11-13)17-21-16(26-22-17)9-3-8-15(23)20-14-7-4-10-19-18(14)24/h2,5-6,11,14H,3-4,7-10H2,1H3,(H,19,24)(H,20,23)/t14-/m1/s1. The molecule has 0 radical (unpaired) electrons. The average Bonchev–Trinajstić information content (AvgIpc) is 3.13. The van der Waals surface area contributed by atoms with Gasteiger partial charge in [0.15, 0.2) is 0 Å². The normalized spacial score (nSPS) is 16.8. The summed E-state index contributed by atoms with van der Waals surface area (Å²) in [6, 6.07) is 6.99. The van der Waals surface area contributed by atoms with Crippen LogP contribution >= 0.6 is 0 Å². The number of piperidine rings is 1. The molecular weight excluding hydrogens is 336 g/mol. The molecule has 0 aliphatic carbocycles. The maximum Gasteiger partial charge on any atom is 0.242 e. The molecule has 0 spiro atoms. The van der Waals surface area contributed by atoms with Gasteiger partial charge in [-0.15, -0.1) is 0 Å². The van der Waals surface area contributed by atoms with Crippen molar-refractivity contribution in [3.05, 3.63) is 30.2 Å². The molecule has 3 rings (SSSR count). The molecule has 1 saturated heterocycles. The Morgan fingerprint density at radius 3 is 3.15 bits per heavy atom. The Morgan fingerprint density at radius 1 is 1.46 bits per heavy atom. The summed E-state index contributed by atoms with van der Waals surface area (Å²) in [7, 11) is 1.60. The third-order valence-electron chi connectivity index (χ3n) is 4.21. The largest absolute Gasteiger partial charge is 0.497 e. The van der Waals surface area contributed by atoms with Crippen molar-refractivity contribution >= 4 is 11.8 Å². The number of carbonyl (C=O) groups excluding carboxylic acids is 2. The molecule has 1 fully saturated rings. The lowest BCUT2D eigenvalue weighted by Gasteiger charge is -2.22. The number of aromatic nitrogens is 2. The van der Waals surface area contributed by atoms with Crippen molar-refractivity contribution < 1.29 is 18.8 Å². The van der Waals surface area contributed by atoms with Gasteiger partial charge >= 0.3 is 0 Å². The summed E-state index contributed by atoms with van der Waals surface area (Å²) in [6.07, 6.45) is 2.94. The van der Waals surface area contributed by atoms with Crippen molar-refractivity contribution in [3.63, 3.8) is 0 Å². The Morgan fingerprint density at radius 2 is 2.35 bits per heavy atom. The molecule has 0 bridgehead atoms. The Bertz CT molecular complexity index is 774. The van der Waals surface area contributed by atoms with Crippen LogP contribution in [-0.2, 0) is 16.0 Å². The summed E-state index contributed by atoms with van der Waals surface area (Å²) in [5.74, 6) is 1.44. The lowest BCUT2D eigenvalue weighted by Crippen LogP contribution is -2.50. The van der Waals surface area contributed by atoms with Gasteiger partial charge in [0, 0.05) is 24.9 Å². The van der Waals surface area contributed by atoms with Gasteiger partial charge < -0.3 is 19.9 Å². The first-order valence-electron chi connectivity index (χ1n) is 8.70. The molecular formula is C18H22N4O4. The Hall–Kier alpha value is -2.90. The van der Waals surface area contributed by atoms with Gasteiger partial charge in [-0.3, -0.25) is 9.59 Å². The van der Waals surface area contributed by atoms with Gasteiger partial charge in [-0.25, -0.2) is 0 Å². The van der Waals surface area contributed by atoms with Gasteiger partial charge in [-0.2, -0.15) is 4.98 Å². The van der Waals surface area contributed by atoms with Gasteiger partial charge in [0.1, 0.15) is 11.8 Å². The second-order valence-electron chi connectivity index (χ2n) is 6.15. The monoisotopic (exact) mass is 358 g/mol. The van der Waals surface area contributed by atoms with Crippen molar-refractivity contribution in [2.75, 3.05) is 13.7 Å². The molecule has 8 heteroatoms. The van der Waals surface area contributed by atoms with E-state index in [4.69, 9.17) is 9.26 Å². The number of benzene rings is 1. The molecule has 0 unspecified atom stereocenters. The van der Waals surface area contributed by atoms with E-state index in [0.717, 1.165) is 17.7 Å². The van der Waals surface area contributed by atoms with E-state index < -0.39 is 6.04 Å². The van der Waals surface area contributed by atoms with E-state index in [2.05, 4.69) is 20.8 Å². The number of ether oxygens (including phenoxy) is 1. The molecule has 2 amide bonds. The summed E-state index contributed by atoms with van der Waals surface area (Å²) in [5.41, 5.74) is 0.806. The first-order valence-corrected chi connectivity index (χ1v) is 8.70. The number of rotatable bonds is 7. The summed E-state index contributed by atoms with van der Waals surface area (Å²) in [4.78, 5) is 28.0. The molecule has 8 nitrogen and oxygen atoms in total. The highest BCUT2D eigenvalue weighted by Gasteiger charge is 2.23. The van der Waals surface area contributed by atoms with Crippen LogP contribution in [0.2, 0.25) is 0 Å². The van der Waals surface area contributed by atoms with E-state index >= 15 is 0 Å². The zero-order chi connectivity index (χ0) is 18.4. The first kappa shape index (κ1) is 17.9. The van der Waals surface area contributed by atoms with Crippen molar-refractivity contribution in [3.8, 4) is 17.1 Å². The molecule has 1 aliphatic heterocycles. The quantitative estimate of drug-likeness (QED) is 0.776. The Kier molecular flexibility index (Phi) is 5.83. The van der Waals surface area contributed by atoms with Gasteiger partial charge in [0.25, 0.3) is 0 Å². The number of methoxy groups -OCH3 is 1. The summed E-state index contributed by atoms with van der Waals surface area (Å²) < 4.78 is 10.4. The molecule has 2 N–H and O–H groups in total. The highest BCUT2D eigenvalue weighted by Crippen LogP contribution is 2.21. The maximum absolute atomic E-state index is 12.0. The van der Waals surface area contributed by atoms with Crippen LogP contribution in [-0.4, -0.2) is 41.7 Å². The molecule has 2 aromatic rings. The van der Waals surface area contributed by atoms with Crippen LogP contribution in [0.3, 0.4) is 0 Å². The molecule has 1 aliphatic rings. The summed E-state index contributed by atoms with van der Waals surface area (Å²) in [5, 5.41) is 9.49. The van der Waals surface area contributed by atoms with Crippen LogP contribution in [0.25, 0.3) is 11.4 Å². The Balaban J connectivity index is 1.47. The van der Waals surface area contributed by atoms with Crippen LogP contribution in [0.5, 0.6) is 5.75 Å². The predicted molar refractivity (Wildman–Crippen MR) is 93.4 cm³/mol. The number of carbonyl (C=O) groups is 2. The van der Waals surface area contributed by atoms with Crippen LogP contribution in [0.15, 0.2) is 28.8 Å². The third kappa shape index (κ3) is 4.59. The zero-order valence-corrected chi connectivity index (χ0v) is 14.7. The smallest absolute Gasteiger partial charge is 0.242 e. The minimum atomic E-state index is -0.417. The van der Waals surface area contributed by atoms with Gasteiger partial charge in [-0.1, -0.05) is 17.3 Å². The second kappa shape index (κ2) is 8.46. The van der Waals surface area contributed by atoms with Crippen molar-refractivity contribution in [1.29, 1.82) is 0 Å². The number of nitrogens with zero attached hydrogens (tertiary/aromatic N) is 2. The summed E-state index contributed by atoms with van der Waals surface area (Å²) in [6.45, 7) is 0.679. The minimum Gasteiger partial charge on any atom is -0.497 e. The van der Waals surface area contributed by atoms with Gasteiger partial charge in [-0.05, 0) is 31.4 Å². The molecule has 1 aromatic heterocycles. The van der Waals surface area contributed by atoms with E-state index in [1.165, 1.54) is 0 Å². The van der Waals surface area contributed by atoms with E-state index in [1.54, 1.807) is 7.11 Å². The van der Waals surface area contributed by atoms with Crippen molar-refractivity contribution in [2.24, 2.45) is 0 Å². The molecule has 1 aromatic carbocycles. The molecule has 26 heavy (non-hydrogen) atoms.